The second kappa shape index (κ2) is 8.16. The summed E-state index contributed by atoms with van der Waals surface area (Å²) < 4.78 is 33.4. The number of amides is 1. The smallest absolute Gasteiger partial charge is 0.272 e. The summed E-state index contributed by atoms with van der Waals surface area (Å²) in [4.78, 5) is 13.2. The van der Waals surface area contributed by atoms with E-state index in [2.05, 4.69) is 15.9 Å². The Labute approximate surface area is 172 Å². The quantitative estimate of drug-likeness (QED) is 0.549. The number of anilines is 1. The summed E-state index contributed by atoms with van der Waals surface area (Å²) in [6.45, 7) is 1.90. The van der Waals surface area contributed by atoms with Gasteiger partial charge in [-0.25, -0.2) is 8.42 Å². The molecule has 0 aliphatic carbocycles. The van der Waals surface area contributed by atoms with E-state index in [1.165, 1.54) is 19.2 Å². The van der Waals surface area contributed by atoms with Crippen LogP contribution in [0.2, 0.25) is 0 Å². The van der Waals surface area contributed by atoms with Crippen LogP contribution in [-0.4, -0.2) is 21.4 Å². The van der Waals surface area contributed by atoms with Crippen molar-refractivity contribution in [3.05, 3.63) is 88.4 Å². The lowest BCUT2D eigenvalue weighted by molar-refractivity contribution is 0.101. The highest BCUT2D eigenvalue weighted by molar-refractivity contribution is 9.10. The van der Waals surface area contributed by atoms with Crippen LogP contribution < -0.4 is 9.04 Å². The first kappa shape index (κ1) is 20.1. The minimum Gasteiger partial charge on any atom is -0.497 e. The zero-order chi connectivity index (χ0) is 20.3. The fourth-order valence-electron chi connectivity index (χ4n) is 2.61. The van der Waals surface area contributed by atoms with Gasteiger partial charge in [0.25, 0.3) is 15.9 Å². The Morgan fingerprint density at radius 1 is 0.893 bits per heavy atom. The van der Waals surface area contributed by atoms with Crippen LogP contribution in [0.25, 0.3) is 0 Å². The summed E-state index contributed by atoms with van der Waals surface area (Å²) in [5.41, 5.74) is 1.49. The third-order valence-corrected chi connectivity index (χ3v) is 6.40. The van der Waals surface area contributed by atoms with Crippen LogP contribution in [0.5, 0.6) is 5.75 Å². The number of nitrogens with zero attached hydrogens (tertiary/aromatic N) is 1. The maximum Gasteiger partial charge on any atom is 0.272 e. The standard InChI is InChI=1S/C21H18BrNO4S/c1-15-3-5-16(6-4-15)21(24)23(18-9-11-19(27-2)12-10-18)28(25,26)20-13-7-17(22)8-14-20/h3-14H,1-2H3. The molecule has 0 fully saturated rings. The Balaban J connectivity index is 2.13. The molecule has 1 amide bonds. The van der Waals surface area contributed by atoms with Crippen molar-refractivity contribution in [2.75, 3.05) is 11.4 Å². The Hall–Kier alpha value is -2.64. The van der Waals surface area contributed by atoms with Gasteiger partial charge in [0.15, 0.2) is 0 Å². The number of sulfonamides is 1. The van der Waals surface area contributed by atoms with E-state index < -0.39 is 15.9 Å². The van der Waals surface area contributed by atoms with Crippen molar-refractivity contribution in [2.24, 2.45) is 0 Å². The predicted molar refractivity (Wildman–Crippen MR) is 112 cm³/mol. The summed E-state index contributed by atoms with van der Waals surface area (Å²) in [6, 6.07) is 19.2. The molecule has 0 saturated carbocycles. The fraction of sp³-hybridized carbons (Fsp3) is 0.0952. The van der Waals surface area contributed by atoms with E-state index in [0.29, 0.717) is 5.75 Å². The van der Waals surface area contributed by atoms with Gasteiger partial charge in [-0.15, -0.1) is 0 Å². The van der Waals surface area contributed by atoms with E-state index in [-0.39, 0.29) is 16.1 Å². The van der Waals surface area contributed by atoms with Crippen molar-refractivity contribution in [1.29, 1.82) is 0 Å². The Morgan fingerprint density at radius 3 is 2.00 bits per heavy atom. The van der Waals surface area contributed by atoms with Crippen molar-refractivity contribution < 1.29 is 17.9 Å². The van der Waals surface area contributed by atoms with Gasteiger partial charge < -0.3 is 4.74 Å². The number of hydrogen-bond donors (Lipinski definition) is 0. The SMILES string of the molecule is COc1ccc(N(C(=O)c2ccc(C)cc2)S(=O)(=O)c2ccc(Br)cc2)cc1. The van der Waals surface area contributed by atoms with E-state index in [0.717, 1.165) is 14.3 Å². The average Bonchev–Trinajstić information content (AvgIpc) is 2.69. The van der Waals surface area contributed by atoms with Crippen molar-refractivity contribution in [1.82, 2.24) is 0 Å². The van der Waals surface area contributed by atoms with Gasteiger partial charge in [-0.2, -0.15) is 4.31 Å². The van der Waals surface area contributed by atoms with Crippen LogP contribution in [-0.2, 0) is 10.0 Å². The number of carbonyl (C=O) groups is 1. The minimum atomic E-state index is -4.13. The molecule has 7 heteroatoms. The number of halogens is 1. The molecule has 3 rings (SSSR count). The van der Waals surface area contributed by atoms with Crippen molar-refractivity contribution in [3.63, 3.8) is 0 Å². The lowest BCUT2D eigenvalue weighted by Gasteiger charge is -2.23. The number of aryl methyl sites for hydroxylation is 1. The molecule has 0 aliphatic rings. The van der Waals surface area contributed by atoms with Crippen LogP contribution in [0.4, 0.5) is 5.69 Å². The molecule has 0 bridgehead atoms. The zero-order valence-corrected chi connectivity index (χ0v) is 17.7. The predicted octanol–water partition coefficient (Wildman–Crippen LogP) is 4.80. The summed E-state index contributed by atoms with van der Waals surface area (Å²) in [5.74, 6) is -0.0689. The van der Waals surface area contributed by atoms with Gasteiger partial charge in [-0.3, -0.25) is 4.79 Å². The molecule has 0 heterocycles. The normalized spacial score (nSPS) is 11.1. The average molecular weight is 460 g/mol. The van der Waals surface area contributed by atoms with Crippen LogP contribution in [0.3, 0.4) is 0 Å². The molecule has 5 nitrogen and oxygen atoms in total. The first-order chi connectivity index (χ1) is 13.3. The number of methoxy groups -OCH3 is 1. The molecule has 0 saturated heterocycles. The second-order valence-electron chi connectivity index (χ2n) is 6.09. The summed E-state index contributed by atoms with van der Waals surface area (Å²) in [7, 11) is -2.61. The Bertz CT molecular complexity index is 1080. The van der Waals surface area contributed by atoms with Crippen molar-refractivity contribution in [3.8, 4) is 5.75 Å². The topological polar surface area (TPSA) is 63.7 Å². The molecule has 144 valence electrons. The van der Waals surface area contributed by atoms with Crippen molar-refractivity contribution in [2.45, 2.75) is 11.8 Å². The first-order valence-electron chi connectivity index (χ1n) is 8.39. The van der Waals surface area contributed by atoms with Gasteiger partial charge in [-0.1, -0.05) is 33.6 Å². The van der Waals surface area contributed by atoms with Gasteiger partial charge in [0.2, 0.25) is 0 Å². The highest BCUT2D eigenvalue weighted by atomic mass is 79.9. The van der Waals surface area contributed by atoms with E-state index in [1.54, 1.807) is 60.7 Å². The molecule has 0 aliphatic heterocycles. The molecule has 0 N–H and O–H groups in total. The van der Waals surface area contributed by atoms with Gasteiger partial charge in [0.05, 0.1) is 17.7 Å². The van der Waals surface area contributed by atoms with Crippen LogP contribution in [0, 0.1) is 6.92 Å². The number of benzene rings is 3. The molecule has 0 radical (unpaired) electrons. The molecule has 28 heavy (non-hydrogen) atoms. The second-order valence-corrected chi connectivity index (χ2v) is 8.79. The summed E-state index contributed by atoms with van der Waals surface area (Å²) in [6.07, 6.45) is 0. The minimum absolute atomic E-state index is 0.0204. The van der Waals surface area contributed by atoms with E-state index >= 15 is 0 Å². The largest absolute Gasteiger partial charge is 0.497 e. The molecule has 3 aromatic carbocycles. The number of rotatable bonds is 5. The molecule has 0 atom stereocenters. The van der Waals surface area contributed by atoms with E-state index in [9.17, 15) is 13.2 Å². The van der Waals surface area contributed by atoms with Gasteiger partial charge in [0, 0.05) is 10.0 Å². The van der Waals surface area contributed by atoms with Gasteiger partial charge in [0.1, 0.15) is 5.75 Å². The van der Waals surface area contributed by atoms with Gasteiger partial charge >= 0.3 is 0 Å². The highest BCUT2D eigenvalue weighted by Gasteiger charge is 2.31. The number of carbonyl (C=O) groups excluding carboxylic acids is 1. The van der Waals surface area contributed by atoms with E-state index in [4.69, 9.17) is 4.74 Å². The van der Waals surface area contributed by atoms with E-state index in [1.807, 2.05) is 6.92 Å². The molecule has 0 spiro atoms. The monoisotopic (exact) mass is 459 g/mol. The molecule has 3 aromatic rings. The Kier molecular flexibility index (Phi) is 5.86. The Morgan fingerprint density at radius 2 is 1.46 bits per heavy atom. The number of ether oxygens (including phenoxy) is 1. The summed E-state index contributed by atoms with van der Waals surface area (Å²) >= 11 is 3.29. The van der Waals surface area contributed by atoms with Gasteiger partial charge in [-0.05, 0) is 67.6 Å². The molecular formula is C21H18BrNO4S. The molecule has 0 aromatic heterocycles. The number of hydrogen-bond acceptors (Lipinski definition) is 4. The summed E-state index contributed by atoms with van der Waals surface area (Å²) in [5, 5.41) is 0. The molecule has 0 unspecified atom stereocenters. The maximum absolute atomic E-state index is 13.3. The van der Waals surface area contributed by atoms with Crippen molar-refractivity contribution >= 4 is 37.5 Å². The fourth-order valence-corrected chi connectivity index (χ4v) is 4.29. The third-order valence-electron chi connectivity index (χ3n) is 4.14. The lowest BCUT2D eigenvalue weighted by atomic mass is 10.1. The highest BCUT2D eigenvalue weighted by Crippen LogP contribution is 2.28. The van der Waals surface area contributed by atoms with Crippen LogP contribution >= 0.6 is 15.9 Å². The maximum atomic E-state index is 13.3. The van der Waals surface area contributed by atoms with Crippen LogP contribution in [0.1, 0.15) is 15.9 Å². The third kappa shape index (κ3) is 4.10. The van der Waals surface area contributed by atoms with Crippen LogP contribution in [0.15, 0.2) is 82.2 Å². The first-order valence-corrected chi connectivity index (χ1v) is 10.6. The zero-order valence-electron chi connectivity index (χ0n) is 15.3. The lowest BCUT2D eigenvalue weighted by Crippen LogP contribution is -2.37. The molecular weight excluding hydrogens is 442 g/mol.